The molecule has 0 spiro atoms. The van der Waals surface area contributed by atoms with Crippen LogP contribution in [0.4, 0.5) is 0 Å². The zero-order valence-corrected chi connectivity index (χ0v) is 15.2. The molecule has 0 N–H and O–H groups in total. The van der Waals surface area contributed by atoms with Gasteiger partial charge in [-0.1, -0.05) is 6.08 Å². The molecule has 1 fully saturated rings. The van der Waals surface area contributed by atoms with Crippen molar-refractivity contribution < 1.29 is 9.31 Å². The third kappa shape index (κ3) is 3.26. The van der Waals surface area contributed by atoms with Crippen molar-refractivity contribution in [2.45, 2.75) is 38.9 Å². The molecule has 1 aliphatic heterocycles. The molecule has 0 radical (unpaired) electrons. The second-order valence-electron chi connectivity index (χ2n) is 6.75. The van der Waals surface area contributed by atoms with E-state index >= 15 is 0 Å². The molecule has 0 atom stereocenters. The minimum absolute atomic E-state index is 0.374. The maximum absolute atomic E-state index is 6.08. The Morgan fingerprint density at radius 3 is 2.33 bits per heavy atom. The van der Waals surface area contributed by atoms with Crippen molar-refractivity contribution in [3.63, 3.8) is 0 Å². The minimum atomic E-state index is -0.416. The van der Waals surface area contributed by atoms with Crippen LogP contribution in [-0.4, -0.2) is 43.6 Å². The van der Waals surface area contributed by atoms with E-state index in [-0.39, 0.29) is 11.2 Å². The molecule has 3 heterocycles. The highest BCUT2D eigenvalue weighted by Gasteiger charge is 2.52. The Labute approximate surface area is 147 Å². The van der Waals surface area contributed by atoms with E-state index in [1.54, 1.807) is 35.7 Å². The van der Waals surface area contributed by atoms with Gasteiger partial charge in [0.05, 0.1) is 11.2 Å². The fourth-order valence-electron chi connectivity index (χ4n) is 2.31. The van der Waals surface area contributed by atoms with Gasteiger partial charge in [-0.25, -0.2) is 15.0 Å². The molecule has 0 bridgehead atoms. The molecule has 126 valence electrons. The van der Waals surface area contributed by atoms with Crippen LogP contribution in [-0.2, 0) is 9.31 Å². The molecular formula is C16H21BN4O2S. The second kappa shape index (κ2) is 6.35. The normalized spacial score (nSPS) is 19.7. The maximum Gasteiger partial charge on any atom is 0.491 e. The summed E-state index contributed by atoms with van der Waals surface area (Å²) < 4.78 is 13.9. The van der Waals surface area contributed by atoms with E-state index in [1.807, 2.05) is 33.8 Å². The van der Waals surface area contributed by atoms with Crippen molar-refractivity contribution >= 4 is 25.8 Å². The van der Waals surface area contributed by atoms with Crippen LogP contribution in [0.25, 0.3) is 12.0 Å². The first-order valence-corrected chi connectivity index (χ1v) is 8.43. The monoisotopic (exact) mass is 344 g/mol. The summed E-state index contributed by atoms with van der Waals surface area (Å²) >= 11 is 4.42. The average Bonchev–Trinajstić information content (AvgIpc) is 3.12. The summed E-state index contributed by atoms with van der Waals surface area (Å²) in [5, 5.41) is 0. The van der Waals surface area contributed by atoms with Gasteiger partial charge in [0.15, 0.2) is 0 Å². The summed E-state index contributed by atoms with van der Waals surface area (Å²) in [5.74, 6) is 1.10. The van der Waals surface area contributed by atoms with Crippen LogP contribution >= 0.6 is 12.6 Å². The molecule has 3 rings (SSSR count). The third-order valence-corrected chi connectivity index (χ3v) is 4.85. The minimum Gasteiger partial charge on any atom is -0.400 e. The number of imidazole rings is 1. The Bertz CT molecular complexity index is 713. The highest BCUT2D eigenvalue weighted by molar-refractivity contribution is 7.80. The Kier molecular flexibility index (Phi) is 4.55. The molecule has 1 saturated heterocycles. The van der Waals surface area contributed by atoms with Crippen molar-refractivity contribution in [1.82, 2.24) is 19.5 Å². The van der Waals surface area contributed by atoms with E-state index in [0.29, 0.717) is 11.7 Å². The van der Waals surface area contributed by atoms with E-state index in [9.17, 15) is 0 Å². The van der Waals surface area contributed by atoms with E-state index in [0.717, 1.165) is 11.0 Å². The summed E-state index contributed by atoms with van der Waals surface area (Å²) in [4.78, 5) is 12.7. The number of aromatic nitrogens is 4. The SMILES string of the molecule is CC1(C)OB(C(=Cc2cnc(-n3ccnc3)nc2)CS)OC1(C)C. The number of hydrogen-bond acceptors (Lipinski definition) is 6. The fourth-order valence-corrected chi connectivity index (χ4v) is 2.55. The topological polar surface area (TPSA) is 62.1 Å². The van der Waals surface area contributed by atoms with Crippen LogP contribution in [0.2, 0.25) is 0 Å². The van der Waals surface area contributed by atoms with Crippen molar-refractivity contribution in [2.75, 3.05) is 5.75 Å². The van der Waals surface area contributed by atoms with E-state index in [1.165, 1.54) is 0 Å². The van der Waals surface area contributed by atoms with Gasteiger partial charge in [-0.2, -0.15) is 12.6 Å². The van der Waals surface area contributed by atoms with Crippen molar-refractivity contribution in [2.24, 2.45) is 0 Å². The standard InChI is InChI=1S/C16H21BN4O2S/c1-15(2)16(3,4)23-17(22-15)13(10-24)7-12-8-19-14(20-9-12)21-6-5-18-11-21/h5-9,11,24H,10H2,1-4H3. The molecule has 2 aromatic rings. The van der Waals surface area contributed by atoms with Gasteiger partial charge >= 0.3 is 7.12 Å². The molecule has 0 aromatic carbocycles. The van der Waals surface area contributed by atoms with Crippen molar-refractivity contribution in [3.8, 4) is 5.95 Å². The first kappa shape index (κ1) is 17.2. The van der Waals surface area contributed by atoms with Gasteiger partial charge in [0, 0.05) is 36.1 Å². The van der Waals surface area contributed by atoms with E-state index < -0.39 is 7.12 Å². The zero-order chi connectivity index (χ0) is 17.4. The molecular weight excluding hydrogens is 323 g/mol. The predicted molar refractivity (Wildman–Crippen MR) is 97.1 cm³/mol. The Balaban J connectivity index is 1.81. The number of nitrogens with zero attached hydrogens (tertiary/aromatic N) is 4. The lowest BCUT2D eigenvalue weighted by atomic mass is 9.78. The van der Waals surface area contributed by atoms with Crippen LogP contribution in [0.1, 0.15) is 33.3 Å². The summed E-state index contributed by atoms with van der Waals surface area (Å²) in [7, 11) is -0.416. The summed E-state index contributed by atoms with van der Waals surface area (Å²) in [6.45, 7) is 8.14. The predicted octanol–water partition coefficient (Wildman–Crippen LogP) is 2.61. The van der Waals surface area contributed by atoms with Gasteiger partial charge in [0.1, 0.15) is 6.33 Å². The molecule has 0 amide bonds. The van der Waals surface area contributed by atoms with Gasteiger partial charge < -0.3 is 9.31 Å². The van der Waals surface area contributed by atoms with Gasteiger partial charge in [-0.3, -0.25) is 4.57 Å². The molecule has 2 aromatic heterocycles. The van der Waals surface area contributed by atoms with Crippen LogP contribution in [0, 0.1) is 0 Å². The van der Waals surface area contributed by atoms with Crippen LogP contribution in [0.5, 0.6) is 0 Å². The highest BCUT2D eigenvalue weighted by atomic mass is 32.1. The number of hydrogen-bond donors (Lipinski definition) is 1. The molecule has 8 heteroatoms. The largest absolute Gasteiger partial charge is 0.491 e. The molecule has 1 aliphatic rings. The van der Waals surface area contributed by atoms with Crippen molar-refractivity contribution in [1.29, 1.82) is 0 Å². The fraction of sp³-hybridized carbons (Fsp3) is 0.438. The average molecular weight is 344 g/mol. The summed E-state index contributed by atoms with van der Waals surface area (Å²) in [6.07, 6.45) is 10.6. The zero-order valence-electron chi connectivity index (χ0n) is 14.3. The third-order valence-electron chi connectivity index (χ3n) is 4.48. The highest BCUT2D eigenvalue weighted by Crippen LogP contribution is 2.38. The lowest BCUT2D eigenvalue weighted by Crippen LogP contribution is -2.41. The first-order valence-electron chi connectivity index (χ1n) is 7.80. The maximum atomic E-state index is 6.08. The second-order valence-corrected chi connectivity index (χ2v) is 7.07. The van der Waals surface area contributed by atoms with E-state index in [2.05, 4.69) is 27.6 Å². The molecule has 24 heavy (non-hydrogen) atoms. The number of thiol groups is 1. The van der Waals surface area contributed by atoms with Crippen LogP contribution < -0.4 is 0 Å². The van der Waals surface area contributed by atoms with E-state index in [4.69, 9.17) is 9.31 Å². The Morgan fingerprint density at radius 2 is 1.83 bits per heavy atom. The molecule has 0 aliphatic carbocycles. The quantitative estimate of drug-likeness (QED) is 0.682. The van der Waals surface area contributed by atoms with Gasteiger partial charge in [-0.15, -0.1) is 0 Å². The van der Waals surface area contributed by atoms with Crippen LogP contribution in [0.3, 0.4) is 0 Å². The van der Waals surface area contributed by atoms with Gasteiger partial charge in [0.2, 0.25) is 5.95 Å². The van der Waals surface area contributed by atoms with Gasteiger partial charge in [0.25, 0.3) is 0 Å². The number of rotatable bonds is 4. The Hall–Kier alpha value is -1.64. The van der Waals surface area contributed by atoms with Crippen molar-refractivity contribution in [3.05, 3.63) is 42.2 Å². The summed E-state index contributed by atoms with van der Waals surface area (Å²) in [5.41, 5.74) is 1.07. The first-order chi connectivity index (χ1) is 11.3. The lowest BCUT2D eigenvalue weighted by Gasteiger charge is -2.32. The summed E-state index contributed by atoms with van der Waals surface area (Å²) in [6, 6.07) is 0. The smallest absolute Gasteiger partial charge is 0.400 e. The lowest BCUT2D eigenvalue weighted by molar-refractivity contribution is 0.00578. The van der Waals surface area contributed by atoms with Gasteiger partial charge in [-0.05, 0) is 33.2 Å². The molecule has 0 unspecified atom stereocenters. The molecule has 6 nitrogen and oxygen atoms in total. The van der Waals surface area contributed by atoms with Crippen LogP contribution in [0.15, 0.2) is 36.6 Å². The molecule has 0 saturated carbocycles. The Morgan fingerprint density at radius 1 is 1.21 bits per heavy atom.